The van der Waals surface area contributed by atoms with Crippen LogP contribution in [0.3, 0.4) is 0 Å². The summed E-state index contributed by atoms with van der Waals surface area (Å²) in [5.41, 5.74) is 0.982. The minimum Gasteiger partial charge on any atom is -0.496 e. The molecule has 1 aliphatic carbocycles. The van der Waals surface area contributed by atoms with Crippen molar-refractivity contribution in [3.05, 3.63) is 28.2 Å². The Morgan fingerprint density at radius 1 is 1.44 bits per heavy atom. The predicted octanol–water partition coefficient (Wildman–Crippen LogP) is 4.01. The van der Waals surface area contributed by atoms with Crippen molar-refractivity contribution < 1.29 is 9.53 Å². The van der Waals surface area contributed by atoms with Gasteiger partial charge in [0.2, 0.25) is 0 Å². The van der Waals surface area contributed by atoms with Gasteiger partial charge in [-0.25, -0.2) is 0 Å². The monoisotopic (exact) mass is 310 g/mol. The van der Waals surface area contributed by atoms with Crippen LogP contribution in [0.5, 0.6) is 5.75 Å². The lowest BCUT2D eigenvalue weighted by Gasteiger charge is -2.15. The Kier molecular flexibility index (Phi) is 4.44. The summed E-state index contributed by atoms with van der Waals surface area (Å²) in [5.74, 6) is 1.94. The van der Waals surface area contributed by atoms with Crippen LogP contribution in [0.4, 0.5) is 0 Å². The Morgan fingerprint density at radius 2 is 2.22 bits per heavy atom. The fourth-order valence-corrected chi connectivity index (χ4v) is 3.24. The molecule has 0 radical (unpaired) electrons. The van der Waals surface area contributed by atoms with E-state index in [2.05, 4.69) is 22.9 Å². The molecule has 1 aliphatic rings. The lowest BCUT2D eigenvalue weighted by atomic mass is 9.90. The van der Waals surface area contributed by atoms with Crippen LogP contribution in [0.2, 0.25) is 0 Å². The standard InChI is InChI=1S/C15H19BrO2/c1-10-4-3-5-13(10)14(17)9-11-8-12(16)6-7-15(11)18-2/h6-8,10,13H,3-5,9H2,1-2H3. The molecule has 0 amide bonds. The number of methoxy groups -OCH3 is 1. The first-order valence-electron chi connectivity index (χ1n) is 6.47. The third-order valence-corrected chi connectivity index (χ3v) is 4.38. The molecule has 3 heteroatoms. The number of carbonyl (C=O) groups is 1. The van der Waals surface area contributed by atoms with E-state index >= 15 is 0 Å². The van der Waals surface area contributed by atoms with Crippen molar-refractivity contribution in [1.29, 1.82) is 0 Å². The number of benzene rings is 1. The minimum atomic E-state index is 0.244. The third-order valence-electron chi connectivity index (χ3n) is 3.88. The summed E-state index contributed by atoms with van der Waals surface area (Å²) >= 11 is 3.44. The molecule has 0 aromatic heterocycles. The van der Waals surface area contributed by atoms with E-state index in [-0.39, 0.29) is 5.92 Å². The average Bonchev–Trinajstić information content (AvgIpc) is 2.76. The molecule has 0 N–H and O–H groups in total. The first kappa shape index (κ1) is 13.6. The predicted molar refractivity (Wildman–Crippen MR) is 75.9 cm³/mol. The Morgan fingerprint density at radius 3 is 2.83 bits per heavy atom. The zero-order valence-electron chi connectivity index (χ0n) is 10.9. The molecule has 0 aliphatic heterocycles. The fourth-order valence-electron chi connectivity index (χ4n) is 2.83. The van der Waals surface area contributed by atoms with Crippen LogP contribution in [0.25, 0.3) is 0 Å². The van der Waals surface area contributed by atoms with Crippen molar-refractivity contribution in [2.75, 3.05) is 7.11 Å². The van der Waals surface area contributed by atoms with Crippen LogP contribution in [0.1, 0.15) is 31.7 Å². The first-order chi connectivity index (χ1) is 8.61. The first-order valence-corrected chi connectivity index (χ1v) is 7.26. The molecule has 2 nitrogen and oxygen atoms in total. The van der Waals surface area contributed by atoms with Crippen molar-refractivity contribution >= 4 is 21.7 Å². The van der Waals surface area contributed by atoms with E-state index in [0.717, 1.165) is 22.2 Å². The van der Waals surface area contributed by atoms with Gasteiger partial charge in [-0.3, -0.25) is 4.79 Å². The summed E-state index contributed by atoms with van der Waals surface area (Å²) < 4.78 is 6.31. The number of halogens is 1. The molecule has 0 bridgehead atoms. The van der Waals surface area contributed by atoms with E-state index in [4.69, 9.17) is 4.74 Å². The van der Waals surface area contributed by atoms with Gasteiger partial charge in [0.1, 0.15) is 11.5 Å². The van der Waals surface area contributed by atoms with E-state index in [1.54, 1.807) is 7.11 Å². The highest BCUT2D eigenvalue weighted by atomic mass is 79.9. The van der Waals surface area contributed by atoms with Gasteiger partial charge < -0.3 is 4.74 Å². The highest BCUT2D eigenvalue weighted by Crippen LogP contribution is 2.33. The van der Waals surface area contributed by atoms with E-state index in [9.17, 15) is 4.79 Å². The number of ether oxygens (including phenoxy) is 1. The average molecular weight is 311 g/mol. The lowest BCUT2D eigenvalue weighted by Crippen LogP contribution is -2.19. The summed E-state index contributed by atoms with van der Waals surface area (Å²) in [4.78, 5) is 12.3. The van der Waals surface area contributed by atoms with E-state index < -0.39 is 0 Å². The molecule has 1 aromatic carbocycles. The zero-order valence-corrected chi connectivity index (χ0v) is 12.5. The second-order valence-corrected chi connectivity index (χ2v) is 6.03. The Hall–Kier alpha value is -0.830. The molecule has 2 atom stereocenters. The largest absolute Gasteiger partial charge is 0.496 e. The normalized spacial score (nSPS) is 23.1. The van der Waals surface area contributed by atoms with Crippen LogP contribution in [-0.4, -0.2) is 12.9 Å². The Balaban J connectivity index is 2.13. The molecular weight excluding hydrogens is 292 g/mol. The van der Waals surface area contributed by atoms with E-state index in [0.29, 0.717) is 18.1 Å². The van der Waals surface area contributed by atoms with Crippen LogP contribution < -0.4 is 4.74 Å². The second-order valence-electron chi connectivity index (χ2n) is 5.11. The minimum absolute atomic E-state index is 0.244. The van der Waals surface area contributed by atoms with Crippen molar-refractivity contribution in [3.63, 3.8) is 0 Å². The molecule has 1 saturated carbocycles. The van der Waals surface area contributed by atoms with Crippen LogP contribution in [-0.2, 0) is 11.2 Å². The Bertz CT molecular complexity index is 442. The molecule has 0 heterocycles. The van der Waals surface area contributed by atoms with Gasteiger partial charge in [0.25, 0.3) is 0 Å². The molecule has 2 unspecified atom stereocenters. The summed E-state index contributed by atoms with van der Waals surface area (Å²) in [6.07, 6.45) is 3.91. The molecule has 2 rings (SSSR count). The smallest absolute Gasteiger partial charge is 0.140 e. The fraction of sp³-hybridized carbons (Fsp3) is 0.533. The van der Waals surface area contributed by atoms with E-state index in [1.165, 1.54) is 12.8 Å². The molecule has 98 valence electrons. The van der Waals surface area contributed by atoms with Gasteiger partial charge in [-0.1, -0.05) is 29.3 Å². The molecule has 1 aromatic rings. The second kappa shape index (κ2) is 5.87. The van der Waals surface area contributed by atoms with Gasteiger partial charge in [0.15, 0.2) is 0 Å². The number of hydrogen-bond acceptors (Lipinski definition) is 2. The highest BCUT2D eigenvalue weighted by molar-refractivity contribution is 9.10. The highest BCUT2D eigenvalue weighted by Gasteiger charge is 2.29. The number of carbonyl (C=O) groups excluding carboxylic acids is 1. The van der Waals surface area contributed by atoms with Crippen molar-refractivity contribution in [1.82, 2.24) is 0 Å². The quantitative estimate of drug-likeness (QED) is 0.840. The summed E-state index contributed by atoms with van der Waals surface area (Å²) in [7, 11) is 1.65. The van der Waals surface area contributed by atoms with Gasteiger partial charge >= 0.3 is 0 Å². The van der Waals surface area contributed by atoms with Crippen LogP contribution >= 0.6 is 15.9 Å². The Labute approximate surface area is 117 Å². The van der Waals surface area contributed by atoms with Crippen molar-refractivity contribution in [2.24, 2.45) is 11.8 Å². The molecular formula is C15H19BrO2. The summed E-state index contributed by atoms with van der Waals surface area (Å²) in [5, 5.41) is 0. The number of Topliss-reactive ketones (excluding diaryl/α,β-unsaturated/α-hetero) is 1. The van der Waals surface area contributed by atoms with Gasteiger partial charge in [-0.2, -0.15) is 0 Å². The van der Waals surface area contributed by atoms with Gasteiger partial charge in [0, 0.05) is 22.4 Å². The van der Waals surface area contributed by atoms with Crippen LogP contribution in [0.15, 0.2) is 22.7 Å². The summed E-state index contributed by atoms with van der Waals surface area (Å²) in [6, 6.07) is 5.83. The number of hydrogen-bond donors (Lipinski definition) is 0. The number of rotatable bonds is 4. The SMILES string of the molecule is COc1ccc(Br)cc1CC(=O)C1CCCC1C. The van der Waals surface area contributed by atoms with Gasteiger partial charge in [-0.05, 0) is 37.0 Å². The maximum absolute atomic E-state index is 12.3. The number of ketones is 1. The summed E-state index contributed by atoms with van der Waals surface area (Å²) in [6.45, 7) is 2.19. The molecule has 0 saturated heterocycles. The van der Waals surface area contributed by atoms with Crippen molar-refractivity contribution in [2.45, 2.75) is 32.6 Å². The topological polar surface area (TPSA) is 26.3 Å². The van der Waals surface area contributed by atoms with Crippen molar-refractivity contribution in [3.8, 4) is 5.75 Å². The maximum Gasteiger partial charge on any atom is 0.140 e. The third kappa shape index (κ3) is 2.94. The van der Waals surface area contributed by atoms with E-state index in [1.807, 2.05) is 18.2 Å². The molecule has 1 fully saturated rings. The van der Waals surface area contributed by atoms with Gasteiger partial charge in [0.05, 0.1) is 7.11 Å². The molecule has 18 heavy (non-hydrogen) atoms. The lowest BCUT2D eigenvalue weighted by molar-refractivity contribution is -0.123. The van der Waals surface area contributed by atoms with Gasteiger partial charge in [-0.15, -0.1) is 0 Å². The molecule has 0 spiro atoms. The maximum atomic E-state index is 12.3. The van der Waals surface area contributed by atoms with Crippen LogP contribution in [0, 0.1) is 11.8 Å². The zero-order chi connectivity index (χ0) is 13.1.